The normalized spacial score (nSPS) is 14.9. The molecule has 0 aromatic rings. The van der Waals surface area contributed by atoms with Gasteiger partial charge in [-0.25, -0.2) is 35.1 Å². The molecule has 0 aromatic carbocycles. The summed E-state index contributed by atoms with van der Waals surface area (Å²) in [6.07, 6.45) is -18.7. The molecule has 0 bridgehead atoms. The van der Waals surface area contributed by atoms with Crippen LogP contribution >= 0.6 is 0 Å². The maximum Gasteiger partial charge on any atom is 0.680 e. The Hall–Kier alpha value is -1.06. The molecule has 0 aromatic heterocycles. The molecule has 0 aliphatic rings. The highest BCUT2D eigenvalue weighted by Gasteiger charge is 2.58. The molecule has 0 heterocycles. The van der Waals surface area contributed by atoms with Crippen molar-refractivity contribution in [3.05, 3.63) is 0 Å². The number of rotatable bonds is 16. The molecule has 200 valence electrons. The first kappa shape index (κ1) is 31.9. The number of halogens is 16. The van der Waals surface area contributed by atoms with Gasteiger partial charge < -0.3 is 17.7 Å². The lowest BCUT2D eigenvalue weighted by Crippen LogP contribution is -2.57. The second-order valence-electron chi connectivity index (χ2n) is 5.90. The van der Waals surface area contributed by atoms with Crippen LogP contribution in [0.15, 0.2) is 0 Å². The fourth-order valence-electron chi connectivity index (χ4n) is 1.24. The van der Waals surface area contributed by atoms with Crippen molar-refractivity contribution >= 4 is 9.05 Å². The lowest BCUT2D eigenvalue weighted by atomic mass is 10.4. The van der Waals surface area contributed by atoms with Gasteiger partial charge >= 0.3 is 58.4 Å². The predicted molar refractivity (Wildman–Crippen MR) is 73.4 cm³/mol. The summed E-state index contributed by atoms with van der Waals surface area (Å²) in [6, 6.07) is 0. The van der Waals surface area contributed by atoms with Gasteiger partial charge in [-0.15, -0.1) is 0 Å². The zero-order chi connectivity index (χ0) is 26.5. The van der Waals surface area contributed by atoms with Crippen LogP contribution in [0.2, 0.25) is 0 Å². The topological polar surface area (TPSA) is 36.9 Å². The third kappa shape index (κ3) is 9.98. The summed E-state index contributed by atoms with van der Waals surface area (Å²) in [7, 11) is -6.67. The van der Waals surface area contributed by atoms with Gasteiger partial charge in [-0.05, 0) is 0 Å². The number of hydrogen-bond acceptors (Lipinski definition) is 4. The van der Waals surface area contributed by atoms with Gasteiger partial charge in [0.25, 0.3) is 0 Å². The third-order valence-electron chi connectivity index (χ3n) is 3.04. The molecule has 0 radical (unpaired) electrons. The van der Waals surface area contributed by atoms with E-state index in [-0.39, 0.29) is 0 Å². The Bertz CT molecular complexity index is 488. The van der Waals surface area contributed by atoms with Crippen molar-refractivity contribution in [3.63, 3.8) is 0 Å². The molecule has 0 rings (SSSR count). The smallest absolute Gasteiger partial charge is 0.345 e. The molecule has 0 saturated carbocycles. The van der Waals surface area contributed by atoms with Crippen LogP contribution < -0.4 is 0 Å². The van der Waals surface area contributed by atoms with Crippen molar-refractivity contribution in [3.8, 4) is 0 Å². The van der Waals surface area contributed by atoms with E-state index in [4.69, 9.17) is 0 Å². The first-order valence-electron chi connectivity index (χ1n) is 7.80. The Kier molecular flexibility index (Phi) is 11.2. The fourth-order valence-corrected chi connectivity index (χ4v) is 3.22. The summed E-state index contributed by atoms with van der Waals surface area (Å²) in [6.45, 7) is -11.3. The third-order valence-corrected chi connectivity index (χ3v) is 5.03. The van der Waals surface area contributed by atoms with Gasteiger partial charge in [-0.1, -0.05) is 0 Å². The van der Waals surface area contributed by atoms with Gasteiger partial charge in [0.15, 0.2) is 0 Å². The molecule has 0 spiro atoms. The minimum absolute atomic E-state index is 2.84. The van der Waals surface area contributed by atoms with Crippen molar-refractivity contribution in [1.82, 2.24) is 0 Å². The maximum atomic E-state index is 13.1. The van der Waals surface area contributed by atoms with E-state index in [0.29, 0.717) is 0 Å². The predicted octanol–water partition coefficient (Wildman–Crippen LogP) is 5.09. The van der Waals surface area contributed by atoms with Crippen molar-refractivity contribution < 1.29 is 88.0 Å². The lowest BCUT2D eigenvalue weighted by molar-refractivity contribution is -0.211. The standard InChI is InChI=1S/C12H12F16O4Si/c13-5(14)9(21,22)1-29-33(30-2-10(23,24)6(15)16,31-3-11(25,26)7(17)18)32-4-12(27,28)8(19)20/h5-8H,1-4H2. The Morgan fingerprint density at radius 2 is 0.545 bits per heavy atom. The molecule has 0 fully saturated rings. The van der Waals surface area contributed by atoms with Crippen LogP contribution in [0.1, 0.15) is 0 Å². The number of hydrogen-bond donors (Lipinski definition) is 0. The first-order chi connectivity index (χ1) is 14.6. The van der Waals surface area contributed by atoms with Gasteiger partial charge in [-0.2, -0.15) is 35.1 Å². The van der Waals surface area contributed by atoms with Gasteiger partial charge in [-0.3, -0.25) is 0 Å². The molecule has 0 aliphatic heterocycles. The van der Waals surface area contributed by atoms with Crippen molar-refractivity contribution in [1.29, 1.82) is 0 Å². The molecule has 33 heavy (non-hydrogen) atoms. The van der Waals surface area contributed by atoms with Crippen LogP contribution in [-0.4, -0.2) is 84.9 Å². The SMILES string of the molecule is FC(F)C(F)(F)CO[Si](OCC(F)(F)C(F)F)(OCC(F)(F)C(F)F)OCC(F)(F)C(F)F. The van der Waals surface area contributed by atoms with Crippen LogP contribution in [0.5, 0.6) is 0 Å². The van der Waals surface area contributed by atoms with Gasteiger partial charge in [0.1, 0.15) is 26.4 Å². The summed E-state index contributed by atoms with van der Waals surface area (Å²) in [4.78, 5) is 0. The average molecular weight is 552 g/mol. The molecule has 21 heteroatoms. The molecule has 0 N–H and O–H groups in total. The Morgan fingerprint density at radius 1 is 0.394 bits per heavy atom. The maximum absolute atomic E-state index is 13.1. The molecular formula is C12H12F16O4Si. The summed E-state index contributed by atoms with van der Waals surface area (Å²) in [5.41, 5.74) is 0. The van der Waals surface area contributed by atoms with Crippen LogP contribution in [0.3, 0.4) is 0 Å². The van der Waals surface area contributed by atoms with E-state index in [1.807, 2.05) is 0 Å². The summed E-state index contributed by atoms with van der Waals surface area (Å²) in [5.74, 6) is -21.4. The molecule has 4 nitrogen and oxygen atoms in total. The minimum atomic E-state index is -6.67. The highest BCUT2D eigenvalue weighted by molar-refractivity contribution is 6.53. The van der Waals surface area contributed by atoms with E-state index in [1.165, 1.54) is 0 Å². The fraction of sp³-hybridized carbons (Fsp3) is 1.00. The van der Waals surface area contributed by atoms with Gasteiger partial charge in [0, 0.05) is 0 Å². The van der Waals surface area contributed by atoms with E-state index in [1.54, 1.807) is 0 Å². The van der Waals surface area contributed by atoms with E-state index in [2.05, 4.69) is 17.7 Å². The van der Waals surface area contributed by atoms with E-state index < -0.39 is 84.9 Å². The summed E-state index contributed by atoms with van der Waals surface area (Å²) < 4.78 is 217. The zero-order valence-corrected chi connectivity index (χ0v) is 16.3. The summed E-state index contributed by atoms with van der Waals surface area (Å²) >= 11 is 0. The van der Waals surface area contributed by atoms with Gasteiger partial charge in [0.05, 0.1) is 0 Å². The van der Waals surface area contributed by atoms with E-state index in [9.17, 15) is 70.2 Å². The second-order valence-corrected chi connectivity index (χ2v) is 8.06. The van der Waals surface area contributed by atoms with Crippen LogP contribution in [-0.2, 0) is 17.7 Å². The Labute approximate surface area is 174 Å². The zero-order valence-electron chi connectivity index (χ0n) is 15.3. The highest BCUT2D eigenvalue weighted by atomic mass is 28.4. The Morgan fingerprint density at radius 3 is 0.667 bits per heavy atom. The number of alkyl halides is 16. The minimum Gasteiger partial charge on any atom is -0.345 e. The molecule has 0 atom stereocenters. The first-order valence-corrected chi connectivity index (χ1v) is 9.43. The second kappa shape index (κ2) is 11.6. The Balaban J connectivity index is 6.11. The largest absolute Gasteiger partial charge is 0.680 e. The monoisotopic (exact) mass is 552 g/mol. The van der Waals surface area contributed by atoms with Crippen molar-refractivity contribution in [2.24, 2.45) is 0 Å². The highest BCUT2D eigenvalue weighted by Crippen LogP contribution is 2.32. The van der Waals surface area contributed by atoms with E-state index in [0.717, 1.165) is 0 Å². The van der Waals surface area contributed by atoms with Crippen molar-refractivity contribution in [2.45, 2.75) is 49.4 Å². The summed E-state index contributed by atoms with van der Waals surface area (Å²) in [5, 5.41) is 0. The molecule has 0 amide bonds. The molecule has 0 saturated heterocycles. The van der Waals surface area contributed by atoms with Crippen LogP contribution in [0, 0.1) is 0 Å². The van der Waals surface area contributed by atoms with Crippen molar-refractivity contribution in [2.75, 3.05) is 26.4 Å². The molecular weight excluding hydrogens is 540 g/mol. The van der Waals surface area contributed by atoms with Gasteiger partial charge in [0.2, 0.25) is 0 Å². The average Bonchev–Trinajstić information content (AvgIpc) is 2.66. The van der Waals surface area contributed by atoms with Crippen LogP contribution in [0.25, 0.3) is 0 Å². The quantitative estimate of drug-likeness (QED) is 0.198. The molecule has 0 unspecified atom stereocenters. The lowest BCUT2D eigenvalue weighted by Gasteiger charge is -2.32. The van der Waals surface area contributed by atoms with E-state index >= 15 is 0 Å². The molecule has 0 aliphatic carbocycles. The van der Waals surface area contributed by atoms with Crippen LogP contribution in [0.4, 0.5) is 70.2 Å².